The van der Waals surface area contributed by atoms with Gasteiger partial charge in [0.1, 0.15) is 9.84 Å². The van der Waals surface area contributed by atoms with Crippen molar-refractivity contribution in [2.45, 2.75) is 32.7 Å². The minimum atomic E-state index is -2.93. The molecule has 1 aromatic rings. The van der Waals surface area contributed by atoms with Crippen molar-refractivity contribution in [1.82, 2.24) is 0 Å². The largest absolute Gasteiger partial charge is 0.373 e. The molecule has 0 aromatic heterocycles. The molecule has 0 aliphatic heterocycles. The van der Waals surface area contributed by atoms with Crippen LogP contribution in [0.15, 0.2) is 18.2 Å². The molecule has 0 radical (unpaired) electrons. The van der Waals surface area contributed by atoms with Gasteiger partial charge in [0.2, 0.25) is 0 Å². The van der Waals surface area contributed by atoms with Crippen LogP contribution in [0.4, 0.5) is 5.69 Å². The summed E-state index contributed by atoms with van der Waals surface area (Å²) in [6.07, 6.45) is 3.11. The average molecular weight is 298 g/mol. The van der Waals surface area contributed by atoms with E-state index in [4.69, 9.17) is 5.73 Å². The van der Waals surface area contributed by atoms with Crippen LogP contribution in [0.2, 0.25) is 0 Å². The van der Waals surface area contributed by atoms with Crippen LogP contribution in [0.1, 0.15) is 24.5 Å². The molecule has 0 bridgehead atoms. The van der Waals surface area contributed by atoms with E-state index in [0.29, 0.717) is 6.54 Å². The van der Waals surface area contributed by atoms with Crippen LogP contribution in [-0.2, 0) is 16.3 Å². The van der Waals surface area contributed by atoms with E-state index in [-0.39, 0.29) is 11.8 Å². The number of nitrogens with zero attached hydrogens (tertiary/aromatic N) is 1. The van der Waals surface area contributed by atoms with Crippen LogP contribution < -0.4 is 10.6 Å². The summed E-state index contributed by atoms with van der Waals surface area (Å²) < 4.78 is 22.4. The molecule has 5 heteroatoms. The summed E-state index contributed by atoms with van der Waals surface area (Å²) >= 11 is 0. The molecule has 1 unspecified atom stereocenters. The lowest BCUT2D eigenvalue weighted by Crippen LogP contribution is -2.25. The first-order chi connectivity index (χ1) is 9.23. The second-order valence-corrected chi connectivity index (χ2v) is 7.80. The van der Waals surface area contributed by atoms with Crippen molar-refractivity contribution in [1.29, 1.82) is 0 Å². The van der Waals surface area contributed by atoms with Gasteiger partial charge in [0.25, 0.3) is 0 Å². The van der Waals surface area contributed by atoms with Crippen molar-refractivity contribution in [3.63, 3.8) is 0 Å². The zero-order valence-electron chi connectivity index (χ0n) is 12.9. The van der Waals surface area contributed by atoms with E-state index in [1.54, 1.807) is 0 Å². The van der Waals surface area contributed by atoms with Gasteiger partial charge >= 0.3 is 0 Å². The van der Waals surface area contributed by atoms with E-state index < -0.39 is 9.84 Å². The Morgan fingerprint density at radius 3 is 2.50 bits per heavy atom. The van der Waals surface area contributed by atoms with E-state index >= 15 is 0 Å². The molecule has 114 valence electrons. The maximum absolute atomic E-state index is 11.2. The second kappa shape index (κ2) is 7.09. The molecule has 0 heterocycles. The van der Waals surface area contributed by atoms with Crippen LogP contribution >= 0.6 is 0 Å². The summed E-state index contributed by atoms with van der Waals surface area (Å²) in [5.41, 5.74) is 9.43. The zero-order chi connectivity index (χ0) is 15.3. The van der Waals surface area contributed by atoms with Crippen LogP contribution in [0.3, 0.4) is 0 Å². The molecule has 0 spiro atoms. The monoisotopic (exact) mass is 298 g/mol. The first-order valence-corrected chi connectivity index (χ1v) is 9.03. The smallest absolute Gasteiger partial charge is 0.149 e. The number of benzene rings is 1. The van der Waals surface area contributed by atoms with Gasteiger partial charge in [0.05, 0.1) is 5.75 Å². The first-order valence-electron chi connectivity index (χ1n) is 6.97. The quantitative estimate of drug-likeness (QED) is 0.833. The van der Waals surface area contributed by atoms with Crippen molar-refractivity contribution in [2.24, 2.45) is 5.73 Å². The van der Waals surface area contributed by atoms with Crippen molar-refractivity contribution >= 4 is 15.5 Å². The Balaban J connectivity index is 2.77. The molecule has 2 N–H and O–H groups in total. The molecule has 0 fully saturated rings. The van der Waals surface area contributed by atoms with E-state index in [1.165, 1.54) is 11.8 Å². The number of rotatable bonds is 7. The van der Waals surface area contributed by atoms with Crippen LogP contribution in [0, 0.1) is 6.92 Å². The minimum absolute atomic E-state index is 0.172. The highest BCUT2D eigenvalue weighted by atomic mass is 32.2. The predicted molar refractivity (Wildman–Crippen MR) is 86.1 cm³/mol. The molecule has 1 rings (SSSR count). The molecule has 20 heavy (non-hydrogen) atoms. The molecular weight excluding hydrogens is 272 g/mol. The number of sulfone groups is 1. The standard InChI is InChI=1S/C15H26N2O2S/c1-5-14(16)11-13-6-7-15(12(2)10-13)17(3)8-9-20(4,18)19/h6-7,10,14H,5,8-9,11,16H2,1-4H3. The van der Waals surface area contributed by atoms with Gasteiger partial charge in [-0.05, 0) is 37.0 Å². The molecule has 1 atom stereocenters. The zero-order valence-corrected chi connectivity index (χ0v) is 13.7. The molecule has 0 saturated heterocycles. The number of hydrogen-bond donors (Lipinski definition) is 1. The Bertz CT molecular complexity index is 541. The fourth-order valence-corrected chi connectivity index (χ4v) is 2.75. The van der Waals surface area contributed by atoms with Gasteiger partial charge in [0.15, 0.2) is 0 Å². The van der Waals surface area contributed by atoms with Gasteiger partial charge in [-0.2, -0.15) is 0 Å². The van der Waals surface area contributed by atoms with E-state index in [1.807, 2.05) is 18.9 Å². The summed E-state index contributed by atoms with van der Waals surface area (Å²) in [4.78, 5) is 1.99. The highest BCUT2D eigenvalue weighted by Gasteiger charge is 2.10. The molecule has 0 amide bonds. The van der Waals surface area contributed by atoms with Gasteiger partial charge in [-0.15, -0.1) is 0 Å². The Morgan fingerprint density at radius 2 is 2.00 bits per heavy atom. The van der Waals surface area contributed by atoms with Gasteiger partial charge in [-0.1, -0.05) is 19.1 Å². The first kappa shape index (κ1) is 17.0. The lowest BCUT2D eigenvalue weighted by Gasteiger charge is -2.22. The number of aryl methyl sites for hydroxylation is 1. The normalized spacial score (nSPS) is 13.2. The number of anilines is 1. The predicted octanol–water partition coefficient (Wildman–Crippen LogP) is 1.76. The summed E-state index contributed by atoms with van der Waals surface area (Å²) in [5, 5.41) is 0. The maximum atomic E-state index is 11.2. The Morgan fingerprint density at radius 1 is 1.35 bits per heavy atom. The van der Waals surface area contributed by atoms with Gasteiger partial charge in [-0.3, -0.25) is 0 Å². The van der Waals surface area contributed by atoms with Crippen LogP contribution in [-0.4, -0.2) is 40.1 Å². The summed E-state index contributed by atoms with van der Waals surface area (Å²) in [7, 11) is -1.00. The van der Waals surface area contributed by atoms with Gasteiger partial charge in [0, 0.05) is 31.6 Å². The molecule has 0 saturated carbocycles. The van der Waals surface area contributed by atoms with Crippen molar-refractivity contribution in [2.75, 3.05) is 30.5 Å². The molecule has 4 nitrogen and oxygen atoms in total. The highest BCUT2D eigenvalue weighted by molar-refractivity contribution is 7.90. The summed E-state index contributed by atoms with van der Waals surface area (Å²) in [6.45, 7) is 4.64. The maximum Gasteiger partial charge on any atom is 0.149 e. The van der Waals surface area contributed by atoms with E-state index in [0.717, 1.165) is 24.1 Å². The lowest BCUT2D eigenvalue weighted by atomic mass is 10.0. The topological polar surface area (TPSA) is 63.4 Å². The van der Waals surface area contributed by atoms with E-state index in [9.17, 15) is 8.42 Å². The molecule has 0 aliphatic rings. The van der Waals surface area contributed by atoms with Crippen molar-refractivity contribution < 1.29 is 8.42 Å². The lowest BCUT2D eigenvalue weighted by molar-refractivity contribution is 0.601. The van der Waals surface area contributed by atoms with Gasteiger partial charge < -0.3 is 10.6 Å². The Kier molecular flexibility index (Phi) is 6.02. The minimum Gasteiger partial charge on any atom is -0.373 e. The second-order valence-electron chi connectivity index (χ2n) is 5.54. The van der Waals surface area contributed by atoms with Crippen LogP contribution in [0.25, 0.3) is 0 Å². The molecule has 1 aromatic carbocycles. The average Bonchev–Trinajstić information content (AvgIpc) is 2.35. The molecular formula is C15H26N2O2S. The third-order valence-corrected chi connectivity index (χ3v) is 4.42. The third-order valence-electron chi connectivity index (χ3n) is 3.49. The van der Waals surface area contributed by atoms with Gasteiger partial charge in [-0.25, -0.2) is 8.42 Å². The molecule has 0 aliphatic carbocycles. The SMILES string of the molecule is CCC(N)Cc1ccc(N(C)CCS(C)(=O)=O)c(C)c1. The summed E-state index contributed by atoms with van der Waals surface area (Å²) in [5.74, 6) is 0.172. The van der Waals surface area contributed by atoms with Crippen LogP contribution in [0.5, 0.6) is 0 Å². The van der Waals surface area contributed by atoms with Crippen molar-refractivity contribution in [3.05, 3.63) is 29.3 Å². The fraction of sp³-hybridized carbons (Fsp3) is 0.600. The van der Waals surface area contributed by atoms with Crippen molar-refractivity contribution in [3.8, 4) is 0 Å². The highest BCUT2D eigenvalue weighted by Crippen LogP contribution is 2.21. The summed E-state index contributed by atoms with van der Waals surface area (Å²) in [6, 6.07) is 6.47. The Labute approximate surface area is 122 Å². The fourth-order valence-electron chi connectivity index (χ4n) is 2.14. The number of hydrogen-bond acceptors (Lipinski definition) is 4. The van der Waals surface area contributed by atoms with E-state index in [2.05, 4.69) is 25.1 Å². The Hall–Kier alpha value is -1.07. The number of nitrogens with two attached hydrogens (primary N) is 1. The third kappa shape index (κ3) is 5.51.